The molecule has 0 amide bonds. The summed E-state index contributed by atoms with van der Waals surface area (Å²) in [7, 11) is -1.89. The van der Waals surface area contributed by atoms with E-state index in [2.05, 4.69) is 15.3 Å². The Bertz CT molecular complexity index is 1410. The van der Waals surface area contributed by atoms with Gasteiger partial charge in [-0.3, -0.25) is 4.68 Å². The number of hydrogen-bond acceptors (Lipinski definition) is 6. The molecule has 0 aliphatic carbocycles. The van der Waals surface area contributed by atoms with Gasteiger partial charge in [0.2, 0.25) is 15.9 Å². The van der Waals surface area contributed by atoms with Crippen LogP contribution in [0.1, 0.15) is 16.8 Å². The van der Waals surface area contributed by atoms with Crippen LogP contribution in [0.2, 0.25) is 5.02 Å². The molecule has 0 radical (unpaired) electrons. The van der Waals surface area contributed by atoms with Crippen molar-refractivity contribution in [2.45, 2.75) is 24.8 Å². The van der Waals surface area contributed by atoms with E-state index in [1.54, 1.807) is 16.8 Å². The number of nitrogens with zero attached hydrogens (tertiary/aromatic N) is 5. The SMILES string of the molecule is Cc1ccc(S(=O)(=O)N2CCc3c(c(-c4nnc(-c5ccccc5)o4)nn3C)C2)cc1Cl. The summed E-state index contributed by atoms with van der Waals surface area (Å²) < 4.78 is 35.7. The molecule has 0 saturated carbocycles. The van der Waals surface area contributed by atoms with Gasteiger partial charge >= 0.3 is 0 Å². The molecule has 2 aromatic carbocycles. The number of sulfonamides is 1. The van der Waals surface area contributed by atoms with Crippen molar-refractivity contribution in [2.24, 2.45) is 7.05 Å². The summed E-state index contributed by atoms with van der Waals surface area (Å²) >= 11 is 6.18. The average molecular weight is 470 g/mol. The first-order chi connectivity index (χ1) is 15.3. The molecule has 10 heteroatoms. The van der Waals surface area contributed by atoms with Gasteiger partial charge in [0, 0.05) is 48.4 Å². The van der Waals surface area contributed by atoms with Crippen molar-refractivity contribution in [1.82, 2.24) is 24.3 Å². The van der Waals surface area contributed by atoms with Crippen molar-refractivity contribution in [1.29, 1.82) is 0 Å². The van der Waals surface area contributed by atoms with Gasteiger partial charge in [0.05, 0.1) is 4.90 Å². The second kappa shape index (κ2) is 7.84. The van der Waals surface area contributed by atoms with Crippen LogP contribution in [-0.4, -0.2) is 39.2 Å². The van der Waals surface area contributed by atoms with Crippen molar-refractivity contribution in [3.8, 4) is 23.0 Å². The highest BCUT2D eigenvalue weighted by molar-refractivity contribution is 7.89. The summed E-state index contributed by atoms with van der Waals surface area (Å²) in [6, 6.07) is 14.2. The molecule has 8 nitrogen and oxygen atoms in total. The fourth-order valence-electron chi connectivity index (χ4n) is 3.84. The van der Waals surface area contributed by atoms with E-state index in [1.165, 1.54) is 10.4 Å². The zero-order valence-electron chi connectivity index (χ0n) is 17.5. The standard InChI is InChI=1S/C22H20ClN5O3S/c1-14-8-9-16(12-18(14)23)32(29,30)28-11-10-19-17(13-28)20(26-27(19)2)22-25-24-21(31-22)15-6-4-3-5-7-15/h3-9,12H,10-11,13H2,1-2H3. The molecular formula is C22H20ClN5O3S. The Hall–Kier alpha value is -3.01. The molecule has 1 aliphatic heterocycles. The maximum atomic E-state index is 13.3. The quantitative estimate of drug-likeness (QED) is 0.450. The Kier molecular flexibility index (Phi) is 5.11. The molecule has 0 spiro atoms. The normalized spacial score (nSPS) is 14.5. The van der Waals surface area contributed by atoms with Gasteiger partial charge in [-0.05, 0) is 36.8 Å². The molecule has 0 N–H and O–H groups in total. The van der Waals surface area contributed by atoms with Gasteiger partial charge in [0.1, 0.15) is 0 Å². The Morgan fingerprint density at radius 2 is 1.81 bits per heavy atom. The van der Waals surface area contributed by atoms with Gasteiger partial charge in [-0.2, -0.15) is 9.40 Å². The summed E-state index contributed by atoms with van der Waals surface area (Å²) in [5, 5.41) is 13.3. The third-order valence-electron chi connectivity index (χ3n) is 5.64. The zero-order chi connectivity index (χ0) is 22.5. The largest absolute Gasteiger partial charge is 0.415 e. The van der Waals surface area contributed by atoms with Crippen LogP contribution >= 0.6 is 11.6 Å². The van der Waals surface area contributed by atoms with Gasteiger partial charge in [0.25, 0.3) is 5.89 Å². The first-order valence-electron chi connectivity index (χ1n) is 10.0. The van der Waals surface area contributed by atoms with E-state index in [4.69, 9.17) is 16.0 Å². The lowest BCUT2D eigenvalue weighted by Crippen LogP contribution is -2.36. The summed E-state index contributed by atoms with van der Waals surface area (Å²) in [5.74, 6) is 0.646. The van der Waals surface area contributed by atoms with Crippen LogP contribution in [0, 0.1) is 6.92 Å². The Morgan fingerprint density at radius 3 is 2.56 bits per heavy atom. The van der Waals surface area contributed by atoms with Crippen molar-refractivity contribution in [3.63, 3.8) is 0 Å². The summed E-state index contributed by atoms with van der Waals surface area (Å²) in [5.41, 5.74) is 3.85. The molecule has 5 rings (SSSR count). The van der Waals surface area contributed by atoms with E-state index in [-0.39, 0.29) is 17.3 Å². The predicted octanol–water partition coefficient (Wildman–Crippen LogP) is 3.85. The number of hydrogen-bond donors (Lipinski definition) is 0. The summed E-state index contributed by atoms with van der Waals surface area (Å²) in [4.78, 5) is 0.172. The van der Waals surface area contributed by atoms with Crippen LogP contribution in [0.15, 0.2) is 57.8 Å². The summed E-state index contributed by atoms with van der Waals surface area (Å²) in [6.07, 6.45) is 0.525. The maximum absolute atomic E-state index is 13.3. The lowest BCUT2D eigenvalue weighted by Gasteiger charge is -2.27. The van der Waals surface area contributed by atoms with Crippen LogP contribution in [0.5, 0.6) is 0 Å². The third kappa shape index (κ3) is 3.52. The number of benzene rings is 2. The minimum atomic E-state index is -3.73. The monoisotopic (exact) mass is 469 g/mol. The number of aromatic nitrogens is 4. The molecule has 4 aromatic rings. The Labute approximate surface area is 190 Å². The molecule has 0 atom stereocenters. The fraction of sp³-hybridized carbons (Fsp3) is 0.227. The molecule has 0 bridgehead atoms. The van der Waals surface area contributed by atoms with E-state index in [0.29, 0.717) is 29.6 Å². The smallest absolute Gasteiger partial charge is 0.268 e. The van der Waals surface area contributed by atoms with Gasteiger partial charge < -0.3 is 4.42 Å². The van der Waals surface area contributed by atoms with E-state index in [0.717, 1.165) is 22.4 Å². The molecule has 1 aliphatic rings. The highest BCUT2D eigenvalue weighted by atomic mass is 35.5. The molecule has 0 unspecified atom stereocenters. The van der Waals surface area contributed by atoms with E-state index in [9.17, 15) is 8.42 Å². The molecule has 3 heterocycles. The minimum Gasteiger partial charge on any atom is -0.415 e. The van der Waals surface area contributed by atoms with Gasteiger partial charge in [-0.15, -0.1) is 10.2 Å². The lowest BCUT2D eigenvalue weighted by molar-refractivity contribution is 0.386. The van der Waals surface area contributed by atoms with Gasteiger partial charge in [0.15, 0.2) is 5.69 Å². The van der Waals surface area contributed by atoms with Crippen LogP contribution in [0.25, 0.3) is 23.0 Å². The van der Waals surface area contributed by atoms with Crippen molar-refractivity contribution >= 4 is 21.6 Å². The average Bonchev–Trinajstić information content (AvgIpc) is 3.41. The molecule has 0 fully saturated rings. The first kappa shape index (κ1) is 20.9. The van der Waals surface area contributed by atoms with E-state index in [1.807, 2.05) is 44.3 Å². The first-order valence-corrected chi connectivity index (χ1v) is 11.9. The van der Waals surface area contributed by atoms with Crippen molar-refractivity contribution in [3.05, 3.63) is 70.4 Å². The highest BCUT2D eigenvalue weighted by Gasteiger charge is 2.33. The number of fused-ring (bicyclic) bond motifs is 1. The second-order valence-electron chi connectivity index (χ2n) is 7.68. The number of aryl methyl sites for hydroxylation is 2. The predicted molar refractivity (Wildman–Crippen MR) is 119 cm³/mol. The number of halogens is 1. The van der Waals surface area contributed by atoms with Crippen LogP contribution < -0.4 is 0 Å². The Balaban J connectivity index is 1.50. The zero-order valence-corrected chi connectivity index (χ0v) is 19.1. The van der Waals surface area contributed by atoms with Crippen LogP contribution in [0.4, 0.5) is 0 Å². The van der Waals surface area contributed by atoms with Crippen LogP contribution in [-0.2, 0) is 30.0 Å². The lowest BCUT2D eigenvalue weighted by atomic mass is 10.1. The molecule has 0 saturated heterocycles. The third-order valence-corrected chi connectivity index (χ3v) is 7.89. The second-order valence-corrected chi connectivity index (χ2v) is 10.0. The topological polar surface area (TPSA) is 94.1 Å². The summed E-state index contributed by atoms with van der Waals surface area (Å²) in [6.45, 7) is 2.34. The van der Waals surface area contributed by atoms with Crippen LogP contribution in [0.3, 0.4) is 0 Å². The molecule has 32 heavy (non-hydrogen) atoms. The number of rotatable bonds is 4. The molecule has 2 aromatic heterocycles. The highest BCUT2D eigenvalue weighted by Crippen LogP contribution is 2.33. The maximum Gasteiger partial charge on any atom is 0.268 e. The van der Waals surface area contributed by atoms with Gasteiger partial charge in [-0.1, -0.05) is 35.9 Å². The molecule has 164 valence electrons. The minimum absolute atomic E-state index is 0.162. The fourth-order valence-corrected chi connectivity index (χ4v) is 5.52. The van der Waals surface area contributed by atoms with Crippen molar-refractivity contribution < 1.29 is 12.8 Å². The van der Waals surface area contributed by atoms with Crippen molar-refractivity contribution in [2.75, 3.05) is 6.54 Å². The van der Waals surface area contributed by atoms with E-state index >= 15 is 0 Å². The van der Waals surface area contributed by atoms with Gasteiger partial charge in [-0.25, -0.2) is 8.42 Å². The molecular weight excluding hydrogens is 450 g/mol. The van der Waals surface area contributed by atoms with E-state index < -0.39 is 10.0 Å². The Morgan fingerprint density at radius 1 is 1.06 bits per heavy atom.